The molecule has 2 rings (SSSR count). The molecule has 0 amide bonds. The second-order valence-electron chi connectivity index (χ2n) is 10.4. The van der Waals surface area contributed by atoms with Gasteiger partial charge in [0.15, 0.2) is 0 Å². The van der Waals surface area contributed by atoms with Crippen LogP contribution in [0.1, 0.15) is 33.6 Å². The number of benzene rings is 2. The lowest BCUT2D eigenvalue weighted by Crippen LogP contribution is -2.67. The third-order valence-electron chi connectivity index (χ3n) is 5.47. The molecule has 0 heterocycles. The normalized spacial score (nSPS) is 14.2. The first-order chi connectivity index (χ1) is 14.1. The van der Waals surface area contributed by atoms with E-state index in [1.807, 2.05) is 0 Å². The predicted molar refractivity (Wildman–Crippen MR) is 136 cm³/mol. The summed E-state index contributed by atoms with van der Waals surface area (Å²) in [6.45, 7) is 14.3. The Kier molecular flexibility index (Phi) is 8.86. The van der Waals surface area contributed by atoms with E-state index in [2.05, 4.69) is 113 Å². The second kappa shape index (κ2) is 10.7. The second-order valence-corrected chi connectivity index (χ2v) is 20.3. The van der Waals surface area contributed by atoms with E-state index >= 15 is 0 Å². The minimum Gasteiger partial charge on any atom is -0.405 e. The van der Waals surface area contributed by atoms with E-state index < -0.39 is 22.5 Å². The van der Waals surface area contributed by atoms with E-state index in [0.717, 1.165) is 12.8 Å². The summed E-state index contributed by atoms with van der Waals surface area (Å²) in [7, 11) is -3.60. The molecule has 0 radical (unpaired) electrons. The first-order valence-electron chi connectivity index (χ1n) is 11.1. The molecular weight excluding hydrogens is 400 g/mol. The van der Waals surface area contributed by atoms with Gasteiger partial charge in [-0.3, -0.25) is 0 Å². The summed E-state index contributed by atoms with van der Waals surface area (Å²) in [5.41, 5.74) is 0. The van der Waals surface area contributed by atoms with Crippen LogP contribution in [0, 0.1) is 0 Å². The van der Waals surface area contributed by atoms with Gasteiger partial charge in [0.05, 0.1) is 12.7 Å². The van der Waals surface area contributed by atoms with Crippen molar-refractivity contribution >= 4 is 26.8 Å². The lowest BCUT2D eigenvalue weighted by Gasteiger charge is -2.43. The van der Waals surface area contributed by atoms with Gasteiger partial charge in [0.2, 0.25) is 0 Å². The number of hydrogen-bond donors (Lipinski definition) is 1. The van der Waals surface area contributed by atoms with Crippen molar-refractivity contribution < 1.29 is 9.53 Å². The summed E-state index contributed by atoms with van der Waals surface area (Å²) in [4.78, 5) is 0. The van der Waals surface area contributed by atoms with Crippen LogP contribution < -0.4 is 10.4 Å². The number of rotatable bonds is 10. The molecule has 30 heavy (non-hydrogen) atoms. The van der Waals surface area contributed by atoms with E-state index in [1.54, 1.807) is 0 Å². The third-order valence-corrected chi connectivity index (χ3v) is 11.9. The fraction of sp³-hybridized carbons (Fsp3) is 0.462. The molecule has 0 bridgehead atoms. The number of hydrogen-bond acceptors (Lipinski definition) is 2. The summed E-state index contributed by atoms with van der Waals surface area (Å²) >= 11 is 0. The summed E-state index contributed by atoms with van der Waals surface area (Å²) < 4.78 is 6.81. The highest BCUT2D eigenvalue weighted by Gasteiger charge is 2.50. The highest BCUT2D eigenvalue weighted by molar-refractivity contribution is 6.99. The fourth-order valence-corrected chi connectivity index (χ4v) is 9.38. The summed E-state index contributed by atoms with van der Waals surface area (Å²) in [5, 5.41) is 13.2. The van der Waals surface area contributed by atoms with Gasteiger partial charge >= 0.3 is 0 Å². The standard InChI is InChI=1S/C26H40O2Si2/c1-26(2,3)30(24-17-11-7-12-18-24,25-19-13-8-14-20-25)28-22-23(27)16-10-9-15-21-29(4,5)6/h7-9,11-15,17-20,23,27H,10,16,21-22H2,1-6H3/b15-9-. The molecule has 0 spiro atoms. The molecule has 0 aliphatic heterocycles. The molecule has 4 heteroatoms. The van der Waals surface area contributed by atoms with Crippen LogP contribution in [-0.2, 0) is 4.43 Å². The maximum atomic E-state index is 10.7. The molecule has 2 nitrogen and oxygen atoms in total. The Labute approximate surface area is 186 Å². The minimum absolute atomic E-state index is 0.0628. The predicted octanol–water partition coefficient (Wildman–Crippen LogP) is 5.60. The maximum Gasteiger partial charge on any atom is 0.261 e. The maximum absolute atomic E-state index is 10.7. The third kappa shape index (κ3) is 6.77. The molecule has 2 aromatic rings. The van der Waals surface area contributed by atoms with Crippen LogP contribution in [0.3, 0.4) is 0 Å². The molecule has 1 atom stereocenters. The Morgan fingerprint density at radius 3 is 1.80 bits per heavy atom. The first-order valence-corrected chi connectivity index (χ1v) is 16.8. The van der Waals surface area contributed by atoms with Crippen LogP contribution in [-0.4, -0.2) is 34.2 Å². The molecule has 0 saturated heterocycles. The van der Waals surface area contributed by atoms with E-state index in [9.17, 15) is 5.11 Å². The van der Waals surface area contributed by atoms with Crippen molar-refractivity contribution in [1.29, 1.82) is 0 Å². The monoisotopic (exact) mass is 440 g/mol. The molecule has 1 N–H and O–H groups in total. The Morgan fingerprint density at radius 1 is 0.867 bits per heavy atom. The molecule has 1 unspecified atom stereocenters. The molecule has 164 valence electrons. The van der Waals surface area contributed by atoms with Crippen molar-refractivity contribution in [1.82, 2.24) is 0 Å². The Bertz CT molecular complexity index is 735. The molecule has 0 aliphatic carbocycles. The topological polar surface area (TPSA) is 29.5 Å². The Morgan fingerprint density at radius 2 is 1.37 bits per heavy atom. The number of aliphatic hydroxyl groups is 1. The van der Waals surface area contributed by atoms with Gasteiger partial charge in [0, 0.05) is 8.07 Å². The van der Waals surface area contributed by atoms with E-state index in [4.69, 9.17) is 4.43 Å². The highest BCUT2D eigenvalue weighted by atomic mass is 28.4. The quantitative estimate of drug-likeness (QED) is 0.385. The lowest BCUT2D eigenvalue weighted by atomic mass is 10.2. The largest absolute Gasteiger partial charge is 0.405 e. The van der Waals surface area contributed by atoms with E-state index in [0.29, 0.717) is 6.61 Å². The van der Waals surface area contributed by atoms with Gasteiger partial charge in [-0.1, -0.05) is 113 Å². The van der Waals surface area contributed by atoms with Crippen LogP contribution in [0.4, 0.5) is 0 Å². The summed E-state index contributed by atoms with van der Waals surface area (Å²) in [6, 6.07) is 22.4. The van der Waals surface area contributed by atoms with Crippen molar-refractivity contribution in [3.05, 3.63) is 72.8 Å². The molecule has 0 aromatic heterocycles. The van der Waals surface area contributed by atoms with Crippen LogP contribution in [0.25, 0.3) is 0 Å². The zero-order valence-electron chi connectivity index (χ0n) is 19.7. The van der Waals surface area contributed by atoms with E-state index in [1.165, 1.54) is 16.4 Å². The summed E-state index contributed by atoms with van der Waals surface area (Å²) in [6.07, 6.45) is 5.70. The van der Waals surface area contributed by atoms with Crippen molar-refractivity contribution in [3.8, 4) is 0 Å². The number of aliphatic hydroxyl groups excluding tert-OH is 1. The van der Waals surface area contributed by atoms with Gasteiger partial charge in [0.1, 0.15) is 0 Å². The van der Waals surface area contributed by atoms with Crippen molar-refractivity contribution in [3.63, 3.8) is 0 Å². The molecule has 0 fully saturated rings. The van der Waals surface area contributed by atoms with Gasteiger partial charge in [-0.25, -0.2) is 0 Å². The molecule has 2 aromatic carbocycles. The van der Waals surface area contributed by atoms with Gasteiger partial charge in [-0.2, -0.15) is 0 Å². The highest BCUT2D eigenvalue weighted by Crippen LogP contribution is 2.36. The summed E-state index contributed by atoms with van der Waals surface area (Å²) in [5.74, 6) is 0. The lowest BCUT2D eigenvalue weighted by molar-refractivity contribution is 0.0959. The van der Waals surface area contributed by atoms with Crippen molar-refractivity contribution in [2.45, 2.75) is 70.4 Å². The smallest absolute Gasteiger partial charge is 0.261 e. The Balaban J connectivity index is 2.19. The fourth-order valence-electron chi connectivity index (χ4n) is 3.91. The Hall–Kier alpha value is -1.47. The van der Waals surface area contributed by atoms with Crippen LogP contribution in [0.5, 0.6) is 0 Å². The minimum atomic E-state index is -2.56. The number of allylic oxidation sites excluding steroid dienone is 2. The first kappa shape index (κ1) is 24.8. The van der Waals surface area contributed by atoms with Gasteiger partial charge in [-0.15, -0.1) is 0 Å². The average molecular weight is 441 g/mol. The molecule has 0 saturated carbocycles. The van der Waals surface area contributed by atoms with Crippen LogP contribution in [0.15, 0.2) is 72.8 Å². The average Bonchev–Trinajstić information content (AvgIpc) is 2.68. The van der Waals surface area contributed by atoms with E-state index in [-0.39, 0.29) is 5.04 Å². The molecule has 0 aliphatic rings. The zero-order chi connectivity index (χ0) is 22.3. The SMILES string of the molecule is CC(C)(C)[Si](OCC(O)CC/C=C\C[Si](C)(C)C)(c1ccccc1)c1ccccc1. The van der Waals surface area contributed by atoms with Crippen molar-refractivity contribution in [2.75, 3.05) is 6.61 Å². The zero-order valence-corrected chi connectivity index (χ0v) is 21.7. The van der Waals surface area contributed by atoms with Gasteiger partial charge in [-0.05, 0) is 34.3 Å². The van der Waals surface area contributed by atoms with Crippen LogP contribution >= 0.6 is 0 Å². The van der Waals surface area contributed by atoms with Crippen LogP contribution in [0.2, 0.25) is 30.7 Å². The van der Waals surface area contributed by atoms with Gasteiger partial charge < -0.3 is 9.53 Å². The van der Waals surface area contributed by atoms with Crippen molar-refractivity contribution in [2.24, 2.45) is 0 Å². The van der Waals surface area contributed by atoms with Gasteiger partial charge in [0.25, 0.3) is 8.32 Å². The molecular formula is C26H40O2Si2.